The average molecular weight is 573 g/mol. The summed E-state index contributed by atoms with van der Waals surface area (Å²) in [7, 11) is 0. The molecule has 0 spiro atoms. The molecule has 2 aromatic carbocycles. The van der Waals surface area contributed by atoms with Crippen molar-refractivity contribution in [3.8, 4) is 0 Å². The van der Waals surface area contributed by atoms with E-state index in [4.69, 9.17) is 4.74 Å². The number of halogens is 6. The number of nitrogens with zero attached hydrogens (tertiary/aromatic N) is 1. The van der Waals surface area contributed by atoms with Gasteiger partial charge in [0.15, 0.2) is 0 Å². The van der Waals surface area contributed by atoms with Crippen LogP contribution in [0.2, 0.25) is 0 Å². The van der Waals surface area contributed by atoms with Crippen LogP contribution in [0.5, 0.6) is 0 Å². The van der Waals surface area contributed by atoms with Crippen molar-refractivity contribution in [2.24, 2.45) is 0 Å². The fourth-order valence-electron chi connectivity index (χ4n) is 4.08. The number of urea groups is 2. The summed E-state index contributed by atoms with van der Waals surface area (Å²) in [5.74, 6) is -0.619. The number of allylic oxidation sites excluding steroid dienone is 1. The fraction of sp³-hybridized carbons (Fsp3) is 0.346. The van der Waals surface area contributed by atoms with Gasteiger partial charge in [0, 0.05) is 23.6 Å². The van der Waals surface area contributed by atoms with E-state index in [1.54, 1.807) is 13.8 Å². The summed E-state index contributed by atoms with van der Waals surface area (Å²) in [6.07, 6.45) is -9.49. The van der Waals surface area contributed by atoms with Crippen molar-refractivity contribution < 1.29 is 45.5 Å². The van der Waals surface area contributed by atoms with Gasteiger partial charge in [-0.3, -0.25) is 4.90 Å². The maximum atomic E-state index is 13.1. The normalized spacial score (nSPS) is 16.0. The molecule has 1 atom stereocenters. The largest absolute Gasteiger partial charge is 0.463 e. The molecule has 1 heterocycles. The number of rotatable bonds is 7. The van der Waals surface area contributed by atoms with Crippen LogP contribution >= 0.6 is 0 Å². The highest BCUT2D eigenvalue weighted by molar-refractivity contribution is 6.00. The monoisotopic (exact) mass is 572 g/mol. The number of hydrogen-bond acceptors (Lipinski definition) is 4. The van der Waals surface area contributed by atoms with E-state index in [1.165, 1.54) is 29.2 Å². The van der Waals surface area contributed by atoms with Crippen LogP contribution in [0.15, 0.2) is 53.7 Å². The fourth-order valence-corrected chi connectivity index (χ4v) is 4.08. The van der Waals surface area contributed by atoms with E-state index in [2.05, 4.69) is 10.6 Å². The Bertz CT molecular complexity index is 1270. The number of amides is 4. The van der Waals surface area contributed by atoms with Crippen LogP contribution in [-0.2, 0) is 21.9 Å². The lowest BCUT2D eigenvalue weighted by atomic mass is 9.94. The predicted molar refractivity (Wildman–Crippen MR) is 133 cm³/mol. The van der Waals surface area contributed by atoms with Crippen molar-refractivity contribution in [3.63, 3.8) is 0 Å². The quantitative estimate of drug-likeness (QED) is 0.255. The van der Waals surface area contributed by atoms with Crippen LogP contribution < -0.4 is 16.0 Å². The zero-order chi connectivity index (χ0) is 29.8. The molecule has 1 aliphatic heterocycles. The number of nitrogens with one attached hydrogen (secondary N) is 3. The first kappa shape index (κ1) is 30.3. The first-order chi connectivity index (χ1) is 18.6. The van der Waals surface area contributed by atoms with Crippen molar-refractivity contribution in [3.05, 3.63) is 70.4 Å². The number of esters is 1. The highest BCUT2D eigenvalue weighted by atomic mass is 19.4. The van der Waals surface area contributed by atoms with Gasteiger partial charge in [0.1, 0.15) is 0 Å². The lowest BCUT2D eigenvalue weighted by Crippen LogP contribution is -2.48. The van der Waals surface area contributed by atoms with Crippen molar-refractivity contribution in [1.82, 2.24) is 10.2 Å². The zero-order valence-corrected chi connectivity index (χ0v) is 21.6. The molecule has 0 bridgehead atoms. The summed E-state index contributed by atoms with van der Waals surface area (Å²) in [6, 6.07) is 4.12. The molecule has 40 heavy (non-hydrogen) atoms. The Morgan fingerprint density at radius 3 is 1.98 bits per heavy atom. The molecule has 1 aliphatic rings. The van der Waals surface area contributed by atoms with Crippen LogP contribution in [0.25, 0.3) is 0 Å². The SMILES string of the molecule is CCCN1C(=O)NC(c2ccc(NC(=O)Nc3cc(C(F)(F)F)cc(C(F)(F)F)c3)cc2)C(C(=O)OCC)=C1C. The van der Waals surface area contributed by atoms with E-state index >= 15 is 0 Å². The molecule has 3 rings (SSSR count). The van der Waals surface area contributed by atoms with Gasteiger partial charge in [-0.2, -0.15) is 26.3 Å². The Hall–Kier alpha value is -4.23. The third kappa shape index (κ3) is 7.04. The molecular formula is C26H26F6N4O4. The lowest BCUT2D eigenvalue weighted by molar-refractivity contribution is -0.143. The van der Waals surface area contributed by atoms with Gasteiger partial charge in [-0.1, -0.05) is 19.1 Å². The maximum Gasteiger partial charge on any atom is 0.416 e. The third-order valence-electron chi connectivity index (χ3n) is 5.89. The van der Waals surface area contributed by atoms with E-state index < -0.39 is 53.2 Å². The Labute approximate surface area is 225 Å². The first-order valence-corrected chi connectivity index (χ1v) is 12.1. The van der Waals surface area contributed by atoms with E-state index in [-0.39, 0.29) is 23.9 Å². The highest BCUT2D eigenvalue weighted by Crippen LogP contribution is 2.38. The van der Waals surface area contributed by atoms with Gasteiger partial charge < -0.3 is 20.7 Å². The number of carbonyl (C=O) groups is 3. The van der Waals surface area contributed by atoms with Crippen LogP contribution in [0.3, 0.4) is 0 Å². The lowest BCUT2D eigenvalue weighted by Gasteiger charge is -2.35. The summed E-state index contributed by atoms with van der Waals surface area (Å²) < 4.78 is 83.7. The molecule has 8 nitrogen and oxygen atoms in total. The summed E-state index contributed by atoms with van der Waals surface area (Å²) >= 11 is 0. The number of anilines is 2. The minimum absolute atomic E-state index is 0.0476. The van der Waals surface area contributed by atoms with Crippen molar-refractivity contribution in [2.75, 3.05) is 23.8 Å². The molecule has 4 amide bonds. The van der Waals surface area contributed by atoms with E-state index in [0.717, 1.165) is 0 Å². The number of carbonyl (C=O) groups excluding carboxylic acids is 3. The average Bonchev–Trinajstić information content (AvgIpc) is 2.85. The molecule has 0 radical (unpaired) electrons. The van der Waals surface area contributed by atoms with Gasteiger partial charge in [0.05, 0.1) is 29.3 Å². The number of hydrogen-bond donors (Lipinski definition) is 3. The van der Waals surface area contributed by atoms with Crippen molar-refractivity contribution in [1.29, 1.82) is 0 Å². The Morgan fingerprint density at radius 2 is 1.48 bits per heavy atom. The maximum absolute atomic E-state index is 13.1. The molecule has 0 saturated carbocycles. The summed E-state index contributed by atoms with van der Waals surface area (Å²) in [5, 5.41) is 7.06. The van der Waals surface area contributed by atoms with Gasteiger partial charge in [-0.15, -0.1) is 0 Å². The molecule has 1 unspecified atom stereocenters. The number of benzene rings is 2. The van der Waals surface area contributed by atoms with Gasteiger partial charge >= 0.3 is 30.4 Å². The van der Waals surface area contributed by atoms with Crippen LogP contribution in [-0.4, -0.2) is 36.1 Å². The minimum Gasteiger partial charge on any atom is -0.463 e. The summed E-state index contributed by atoms with van der Waals surface area (Å²) in [5.41, 5.74) is -2.61. The van der Waals surface area contributed by atoms with Crippen LogP contribution in [0.1, 0.15) is 49.9 Å². The molecule has 0 fully saturated rings. The van der Waals surface area contributed by atoms with E-state index in [0.29, 0.717) is 36.4 Å². The zero-order valence-electron chi connectivity index (χ0n) is 21.6. The topological polar surface area (TPSA) is 99.8 Å². The second kappa shape index (κ2) is 11.9. The molecule has 0 aliphatic carbocycles. The molecule has 216 valence electrons. The second-order valence-electron chi connectivity index (χ2n) is 8.75. The van der Waals surface area contributed by atoms with Gasteiger partial charge in [-0.25, -0.2) is 14.4 Å². The van der Waals surface area contributed by atoms with Crippen LogP contribution in [0, 0.1) is 0 Å². The van der Waals surface area contributed by atoms with Gasteiger partial charge in [0.2, 0.25) is 0 Å². The predicted octanol–water partition coefficient (Wildman–Crippen LogP) is 6.68. The van der Waals surface area contributed by atoms with Crippen molar-refractivity contribution >= 4 is 29.4 Å². The van der Waals surface area contributed by atoms with Gasteiger partial charge in [-0.05, 0) is 56.2 Å². The Balaban J connectivity index is 1.82. The standard InChI is InChI=1S/C26H26F6N4O4/c1-4-10-36-14(3)20(22(37)40-5-2)21(35-24(36)39)15-6-8-18(9-7-15)33-23(38)34-19-12-16(25(27,28)29)11-17(13-19)26(30,31)32/h6-9,11-13,21H,4-5,10H2,1-3H3,(H,35,39)(H2,33,34,38). The summed E-state index contributed by atoms with van der Waals surface area (Å²) in [4.78, 5) is 39.2. The molecule has 0 saturated heterocycles. The molecule has 2 aromatic rings. The van der Waals surface area contributed by atoms with E-state index in [1.807, 2.05) is 12.2 Å². The first-order valence-electron chi connectivity index (χ1n) is 12.1. The number of ether oxygens (including phenoxy) is 1. The molecular weight excluding hydrogens is 546 g/mol. The van der Waals surface area contributed by atoms with Gasteiger partial charge in [0.25, 0.3) is 0 Å². The Morgan fingerprint density at radius 1 is 0.925 bits per heavy atom. The minimum atomic E-state index is -5.07. The van der Waals surface area contributed by atoms with Crippen LogP contribution in [0.4, 0.5) is 47.3 Å². The molecule has 3 N–H and O–H groups in total. The smallest absolute Gasteiger partial charge is 0.416 e. The molecule has 0 aromatic heterocycles. The highest BCUT2D eigenvalue weighted by Gasteiger charge is 2.38. The van der Waals surface area contributed by atoms with E-state index in [9.17, 15) is 40.7 Å². The Kier molecular flexibility index (Phi) is 9.00. The summed E-state index contributed by atoms with van der Waals surface area (Å²) in [6.45, 7) is 5.63. The third-order valence-corrected chi connectivity index (χ3v) is 5.89. The van der Waals surface area contributed by atoms with Crippen molar-refractivity contribution in [2.45, 2.75) is 45.6 Å². The molecule has 14 heteroatoms. The second-order valence-corrected chi connectivity index (χ2v) is 8.75. The number of alkyl halides is 6.